The molecule has 0 spiro atoms. The fourth-order valence-corrected chi connectivity index (χ4v) is 2.07. The molecule has 5 heteroatoms. The number of benzene rings is 1. The van der Waals surface area contributed by atoms with Crippen LogP contribution in [0.1, 0.15) is 5.56 Å². The Morgan fingerprint density at radius 2 is 2.00 bits per heavy atom. The predicted octanol–water partition coefficient (Wildman–Crippen LogP) is 4.36. The number of aromatic nitrogens is 1. The molecule has 0 aliphatic rings. The van der Waals surface area contributed by atoms with E-state index in [9.17, 15) is 4.39 Å². The quantitative estimate of drug-likeness (QED) is 0.823. The second-order valence-corrected chi connectivity index (χ2v) is 5.13. The highest BCUT2D eigenvalue weighted by Crippen LogP contribution is 2.19. The van der Waals surface area contributed by atoms with Crippen LogP contribution in [-0.4, -0.2) is 4.98 Å². The lowest BCUT2D eigenvalue weighted by molar-refractivity contribution is 0.626. The normalized spacial score (nSPS) is 10.3. The molecule has 88 valence electrons. The maximum Gasteiger partial charge on any atom is 0.124 e. The van der Waals surface area contributed by atoms with Crippen molar-refractivity contribution >= 4 is 37.5 Å². The third kappa shape index (κ3) is 3.51. The Kier molecular flexibility index (Phi) is 4.12. The van der Waals surface area contributed by atoms with E-state index >= 15 is 0 Å². The van der Waals surface area contributed by atoms with Crippen molar-refractivity contribution in [1.29, 1.82) is 0 Å². The molecular formula is C12H9Br2FN2. The molecule has 0 aliphatic carbocycles. The highest BCUT2D eigenvalue weighted by molar-refractivity contribution is 9.10. The van der Waals surface area contributed by atoms with Gasteiger partial charge in [-0.15, -0.1) is 0 Å². The molecule has 0 saturated carbocycles. The summed E-state index contributed by atoms with van der Waals surface area (Å²) in [5, 5.41) is 3.21. The van der Waals surface area contributed by atoms with Gasteiger partial charge in [0.05, 0.1) is 11.9 Å². The molecule has 1 heterocycles. The van der Waals surface area contributed by atoms with Crippen LogP contribution >= 0.6 is 31.9 Å². The molecule has 2 aromatic rings. The Bertz CT molecular complexity index is 514. The van der Waals surface area contributed by atoms with Gasteiger partial charge in [-0.2, -0.15) is 0 Å². The van der Waals surface area contributed by atoms with Crippen LogP contribution in [-0.2, 0) is 6.54 Å². The third-order valence-corrected chi connectivity index (χ3v) is 3.43. The van der Waals surface area contributed by atoms with Crippen molar-refractivity contribution in [2.24, 2.45) is 0 Å². The van der Waals surface area contributed by atoms with E-state index in [1.165, 1.54) is 12.1 Å². The predicted molar refractivity (Wildman–Crippen MR) is 73.4 cm³/mol. The number of rotatable bonds is 3. The van der Waals surface area contributed by atoms with Gasteiger partial charge < -0.3 is 5.32 Å². The monoisotopic (exact) mass is 358 g/mol. The van der Waals surface area contributed by atoms with Gasteiger partial charge in [-0.3, -0.25) is 0 Å². The Labute approximate surface area is 116 Å². The summed E-state index contributed by atoms with van der Waals surface area (Å²) >= 11 is 6.60. The molecule has 2 nitrogen and oxygen atoms in total. The van der Waals surface area contributed by atoms with Gasteiger partial charge in [-0.25, -0.2) is 9.37 Å². The fraction of sp³-hybridized carbons (Fsp3) is 0.0833. The van der Waals surface area contributed by atoms with E-state index in [2.05, 4.69) is 42.2 Å². The molecule has 0 amide bonds. The van der Waals surface area contributed by atoms with Crippen molar-refractivity contribution in [3.63, 3.8) is 0 Å². The van der Waals surface area contributed by atoms with Gasteiger partial charge in [0.25, 0.3) is 0 Å². The maximum atomic E-state index is 12.9. The second kappa shape index (κ2) is 5.60. The molecule has 0 bridgehead atoms. The van der Waals surface area contributed by atoms with Crippen molar-refractivity contribution in [2.45, 2.75) is 6.54 Å². The summed E-state index contributed by atoms with van der Waals surface area (Å²) in [5.74, 6) is -0.245. The zero-order chi connectivity index (χ0) is 12.3. The Hall–Kier alpha value is -0.940. The fourth-order valence-electron chi connectivity index (χ4n) is 1.34. The van der Waals surface area contributed by atoms with Gasteiger partial charge in [0.2, 0.25) is 0 Å². The van der Waals surface area contributed by atoms with Crippen LogP contribution in [0.15, 0.2) is 45.6 Å². The lowest BCUT2D eigenvalue weighted by Gasteiger charge is -2.08. The first-order valence-electron chi connectivity index (χ1n) is 4.94. The molecule has 0 radical (unpaired) electrons. The molecule has 0 atom stereocenters. The standard InChI is InChI=1S/C12H9Br2FN2/c13-11-5-9(15)2-1-8(11)6-16-10-3-4-12(14)17-7-10/h1-5,7,16H,6H2. The molecule has 1 aromatic carbocycles. The average molecular weight is 360 g/mol. The summed E-state index contributed by atoms with van der Waals surface area (Å²) in [7, 11) is 0. The van der Waals surface area contributed by atoms with Gasteiger partial charge in [0.1, 0.15) is 10.4 Å². The minimum atomic E-state index is -0.245. The van der Waals surface area contributed by atoms with Crippen LogP contribution in [0.25, 0.3) is 0 Å². The lowest BCUT2D eigenvalue weighted by atomic mass is 10.2. The number of nitrogens with zero attached hydrogens (tertiary/aromatic N) is 1. The minimum absolute atomic E-state index is 0.245. The van der Waals surface area contributed by atoms with Crippen LogP contribution in [0.5, 0.6) is 0 Å². The molecule has 1 aromatic heterocycles. The summed E-state index contributed by atoms with van der Waals surface area (Å²) in [6, 6.07) is 8.44. The first-order chi connectivity index (χ1) is 8.15. The van der Waals surface area contributed by atoms with Gasteiger partial charge in [0.15, 0.2) is 0 Å². The number of pyridine rings is 1. The van der Waals surface area contributed by atoms with Gasteiger partial charge in [-0.1, -0.05) is 22.0 Å². The van der Waals surface area contributed by atoms with E-state index in [0.29, 0.717) is 6.54 Å². The molecule has 0 fully saturated rings. The van der Waals surface area contributed by atoms with Crippen LogP contribution < -0.4 is 5.32 Å². The third-order valence-electron chi connectivity index (χ3n) is 2.23. The largest absolute Gasteiger partial charge is 0.380 e. The van der Waals surface area contributed by atoms with Gasteiger partial charge in [-0.05, 0) is 45.8 Å². The van der Waals surface area contributed by atoms with Gasteiger partial charge >= 0.3 is 0 Å². The summed E-state index contributed by atoms with van der Waals surface area (Å²) in [5.41, 5.74) is 1.92. The number of nitrogens with one attached hydrogen (secondary N) is 1. The lowest BCUT2D eigenvalue weighted by Crippen LogP contribution is -2.00. The molecule has 17 heavy (non-hydrogen) atoms. The number of halogens is 3. The Morgan fingerprint density at radius 1 is 1.18 bits per heavy atom. The van der Waals surface area contributed by atoms with Crippen molar-refractivity contribution in [2.75, 3.05) is 5.32 Å². The summed E-state index contributed by atoms with van der Waals surface area (Å²) < 4.78 is 14.4. The first-order valence-corrected chi connectivity index (χ1v) is 6.53. The molecule has 0 unspecified atom stereocenters. The second-order valence-electron chi connectivity index (χ2n) is 3.46. The van der Waals surface area contributed by atoms with E-state index in [1.54, 1.807) is 12.3 Å². The van der Waals surface area contributed by atoms with Crippen LogP contribution in [0.4, 0.5) is 10.1 Å². The zero-order valence-electron chi connectivity index (χ0n) is 8.75. The highest BCUT2D eigenvalue weighted by atomic mass is 79.9. The zero-order valence-corrected chi connectivity index (χ0v) is 11.9. The van der Waals surface area contributed by atoms with Crippen molar-refractivity contribution in [3.05, 3.63) is 57.0 Å². The van der Waals surface area contributed by atoms with E-state index in [1.807, 2.05) is 12.1 Å². The number of hydrogen-bond donors (Lipinski definition) is 1. The van der Waals surface area contributed by atoms with E-state index < -0.39 is 0 Å². The topological polar surface area (TPSA) is 24.9 Å². The highest BCUT2D eigenvalue weighted by Gasteiger charge is 2.01. The van der Waals surface area contributed by atoms with Gasteiger partial charge in [0, 0.05) is 11.0 Å². The number of hydrogen-bond acceptors (Lipinski definition) is 2. The smallest absolute Gasteiger partial charge is 0.124 e. The van der Waals surface area contributed by atoms with Crippen LogP contribution in [0.3, 0.4) is 0 Å². The summed E-state index contributed by atoms with van der Waals surface area (Å²) in [4.78, 5) is 4.11. The van der Waals surface area contributed by atoms with Crippen molar-refractivity contribution in [1.82, 2.24) is 4.98 Å². The minimum Gasteiger partial charge on any atom is -0.380 e. The van der Waals surface area contributed by atoms with E-state index in [-0.39, 0.29) is 5.82 Å². The Morgan fingerprint density at radius 3 is 2.65 bits per heavy atom. The Balaban J connectivity index is 2.04. The summed E-state index contributed by atoms with van der Waals surface area (Å²) in [6.45, 7) is 0.615. The van der Waals surface area contributed by atoms with Crippen molar-refractivity contribution in [3.8, 4) is 0 Å². The van der Waals surface area contributed by atoms with Crippen molar-refractivity contribution < 1.29 is 4.39 Å². The molecule has 0 aliphatic heterocycles. The molecule has 2 rings (SSSR count). The molecular weight excluding hydrogens is 351 g/mol. The average Bonchev–Trinajstić information content (AvgIpc) is 2.30. The summed E-state index contributed by atoms with van der Waals surface area (Å²) in [6.07, 6.45) is 1.74. The van der Waals surface area contributed by atoms with Crippen LogP contribution in [0.2, 0.25) is 0 Å². The SMILES string of the molecule is Fc1ccc(CNc2ccc(Br)nc2)c(Br)c1. The number of anilines is 1. The molecule has 0 saturated heterocycles. The maximum absolute atomic E-state index is 12.9. The van der Waals surface area contributed by atoms with E-state index in [4.69, 9.17) is 0 Å². The van der Waals surface area contributed by atoms with E-state index in [0.717, 1.165) is 20.3 Å². The molecule has 1 N–H and O–H groups in total. The van der Waals surface area contributed by atoms with Crippen LogP contribution in [0, 0.1) is 5.82 Å². The first kappa shape index (κ1) is 12.5.